The lowest BCUT2D eigenvalue weighted by Crippen LogP contribution is -2.01. The molecule has 0 radical (unpaired) electrons. The maximum atomic E-state index is 6.63. The second-order valence-corrected chi connectivity index (χ2v) is 13.9. The first-order chi connectivity index (χ1) is 27.3. The summed E-state index contributed by atoms with van der Waals surface area (Å²) in [6, 6.07) is 65.7. The summed E-state index contributed by atoms with van der Waals surface area (Å²) in [5.41, 5.74) is 8.76. The van der Waals surface area contributed by atoms with Gasteiger partial charge in [0.2, 0.25) is 0 Å². The van der Waals surface area contributed by atoms with Crippen LogP contribution >= 0.6 is 0 Å². The molecule has 0 saturated heterocycles. The maximum Gasteiger partial charge on any atom is 0.164 e. The van der Waals surface area contributed by atoms with Gasteiger partial charge < -0.3 is 4.42 Å². The van der Waals surface area contributed by atoms with Crippen molar-refractivity contribution in [3.8, 4) is 56.4 Å². The number of fused-ring (bicyclic) bond motifs is 8. The number of furan rings is 1. The van der Waals surface area contributed by atoms with Crippen molar-refractivity contribution in [1.29, 1.82) is 0 Å². The van der Waals surface area contributed by atoms with Crippen molar-refractivity contribution in [2.45, 2.75) is 0 Å². The highest BCUT2D eigenvalue weighted by atomic mass is 16.3. The number of benzene rings is 9. The highest BCUT2D eigenvalue weighted by Gasteiger charge is 2.22. The van der Waals surface area contributed by atoms with Crippen molar-refractivity contribution in [2.24, 2.45) is 0 Å². The van der Waals surface area contributed by atoms with Crippen LogP contribution in [0.3, 0.4) is 0 Å². The first kappa shape index (κ1) is 31.1. The van der Waals surface area contributed by atoms with Gasteiger partial charge in [0.15, 0.2) is 17.5 Å². The number of hydrogen-bond acceptors (Lipinski definition) is 4. The molecule has 0 N–H and O–H groups in total. The summed E-state index contributed by atoms with van der Waals surface area (Å²) in [7, 11) is 0. The van der Waals surface area contributed by atoms with E-state index in [4.69, 9.17) is 19.4 Å². The third-order valence-electron chi connectivity index (χ3n) is 10.7. The molecule has 0 bridgehead atoms. The van der Waals surface area contributed by atoms with Crippen LogP contribution in [0.4, 0.5) is 0 Å². The Morgan fingerprint density at radius 1 is 0.291 bits per heavy atom. The highest BCUT2D eigenvalue weighted by Crippen LogP contribution is 2.43. The van der Waals surface area contributed by atoms with Crippen molar-refractivity contribution in [3.05, 3.63) is 188 Å². The number of nitrogens with zero attached hydrogens (tertiary/aromatic N) is 3. The molecule has 11 aromatic rings. The molecule has 55 heavy (non-hydrogen) atoms. The topological polar surface area (TPSA) is 51.8 Å². The van der Waals surface area contributed by atoms with Gasteiger partial charge in [0.05, 0.1) is 0 Å². The molecule has 0 aliphatic heterocycles. The third kappa shape index (κ3) is 5.19. The SMILES string of the molecule is c1ccc(-c2nc(-c3cc4c5ccccc5ccc4c4ccccc34)nc(-c3cc(-c4ccccc4-c4ccccc4)cc4oc5ccccc5c34)n2)cc1. The van der Waals surface area contributed by atoms with E-state index in [-0.39, 0.29) is 0 Å². The molecule has 256 valence electrons. The van der Waals surface area contributed by atoms with Crippen LogP contribution in [0.1, 0.15) is 0 Å². The zero-order valence-electron chi connectivity index (χ0n) is 29.6. The minimum Gasteiger partial charge on any atom is -0.456 e. The van der Waals surface area contributed by atoms with Gasteiger partial charge in [0, 0.05) is 27.5 Å². The van der Waals surface area contributed by atoms with E-state index in [0.717, 1.165) is 77.0 Å². The van der Waals surface area contributed by atoms with Crippen molar-refractivity contribution in [3.63, 3.8) is 0 Å². The van der Waals surface area contributed by atoms with Crippen molar-refractivity contribution < 1.29 is 4.42 Å². The van der Waals surface area contributed by atoms with Crippen LogP contribution in [-0.4, -0.2) is 15.0 Å². The van der Waals surface area contributed by atoms with Crippen molar-refractivity contribution in [2.75, 3.05) is 0 Å². The molecule has 0 unspecified atom stereocenters. The normalized spacial score (nSPS) is 11.6. The molecule has 0 atom stereocenters. The van der Waals surface area contributed by atoms with Crippen LogP contribution in [0.2, 0.25) is 0 Å². The average Bonchev–Trinajstić information content (AvgIpc) is 3.65. The summed E-state index contributed by atoms with van der Waals surface area (Å²) in [6.45, 7) is 0. The van der Waals surface area contributed by atoms with Crippen LogP contribution in [0.15, 0.2) is 192 Å². The van der Waals surface area contributed by atoms with E-state index >= 15 is 0 Å². The molecule has 0 spiro atoms. The molecule has 0 aliphatic rings. The van der Waals surface area contributed by atoms with Gasteiger partial charge in [-0.1, -0.05) is 164 Å². The van der Waals surface area contributed by atoms with Crippen LogP contribution in [0, 0.1) is 0 Å². The van der Waals surface area contributed by atoms with E-state index in [1.807, 2.05) is 30.3 Å². The van der Waals surface area contributed by atoms with Crippen LogP contribution in [0.5, 0.6) is 0 Å². The lowest BCUT2D eigenvalue weighted by atomic mass is 9.92. The summed E-state index contributed by atoms with van der Waals surface area (Å²) in [5, 5.41) is 8.99. The minimum atomic E-state index is 0.585. The Bertz CT molecular complexity index is 3260. The predicted molar refractivity (Wildman–Crippen MR) is 227 cm³/mol. The van der Waals surface area contributed by atoms with E-state index in [2.05, 4.69) is 158 Å². The molecule has 0 fully saturated rings. The van der Waals surface area contributed by atoms with E-state index in [1.165, 1.54) is 16.2 Å². The quantitative estimate of drug-likeness (QED) is 0.168. The van der Waals surface area contributed by atoms with Gasteiger partial charge in [-0.05, 0) is 78.8 Å². The largest absolute Gasteiger partial charge is 0.456 e. The van der Waals surface area contributed by atoms with E-state index in [9.17, 15) is 0 Å². The van der Waals surface area contributed by atoms with Gasteiger partial charge in [-0.2, -0.15) is 0 Å². The molecule has 0 amide bonds. The molecular weight excluding hydrogens is 671 g/mol. The standard InChI is InChI=1S/C51H31N3O/c1-3-15-32(16-4-1)36-20-9-10-22-38(36)35-29-45(48-42-25-13-14-26-46(42)55-47(48)30-35)51-53-49(34-18-5-2-6-19-34)52-50(54-51)44-31-43-37-21-8-7-17-33(37)27-28-41(43)39-23-11-12-24-40(39)44/h1-31H. The van der Waals surface area contributed by atoms with Gasteiger partial charge in [-0.25, -0.2) is 15.0 Å². The smallest absolute Gasteiger partial charge is 0.164 e. The fraction of sp³-hybridized carbons (Fsp3) is 0. The van der Waals surface area contributed by atoms with Crippen LogP contribution in [-0.2, 0) is 0 Å². The van der Waals surface area contributed by atoms with Gasteiger partial charge in [0.25, 0.3) is 0 Å². The molecule has 0 aliphatic carbocycles. The second kappa shape index (κ2) is 12.6. The Hall–Kier alpha value is -7.43. The third-order valence-corrected chi connectivity index (χ3v) is 10.7. The van der Waals surface area contributed by atoms with Gasteiger partial charge in [-0.15, -0.1) is 0 Å². The number of rotatable bonds is 5. The summed E-state index contributed by atoms with van der Waals surface area (Å²) >= 11 is 0. The Balaban J connectivity index is 1.24. The number of para-hydroxylation sites is 1. The molecule has 11 rings (SSSR count). The first-order valence-electron chi connectivity index (χ1n) is 18.5. The van der Waals surface area contributed by atoms with Crippen molar-refractivity contribution in [1.82, 2.24) is 15.0 Å². The summed E-state index contributed by atoms with van der Waals surface area (Å²) in [6.07, 6.45) is 0. The van der Waals surface area contributed by atoms with E-state index in [1.54, 1.807) is 0 Å². The summed E-state index contributed by atoms with van der Waals surface area (Å²) in [5.74, 6) is 1.81. The Kier molecular flexibility index (Phi) is 7.14. The Morgan fingerprint density at radius 2 is 0.855 bits per heavy atom. The Labute approximate surface area is 317 Å². The maximum absolute atomic E-state index is 6.63. The molecule has 0 saturated carbocycles. The van der Waals surface area contributed by atoms with Crippen LogP contribution < -0.4 is 0 Å². The van der Waals surface area contributed by atoms with E-state index in [0.29, 0.717) is 17.5 Å². The average molecular weight is 702 g/mol. The molecule has 2 aromatic heterocycles. The van der Waals surface area contributed by atoms with Crippen LogP contribution in [0.25, 0.3) is 111 Å². The van der Waals surface area contributed by atoms with Gasteiger partial charge >= 0.3 is 0 Å². The predicted octanol–water partition coefficient (Wildman–Crippen LogP) is 13.6. The lowest BCUT2D eigenvalue weighted by Gasteiger charge is -2.15. The minimum absolute atomic E-state index is 0.585. The lowest BCUT2D eigenvalue weighted by molar-refractivity contribution is 0.669. The monoisotopic (exact) mass is 701 g/mol. The van der Waals surface area contributed by atoms with Gasteiger partial charge in [0.1, 0.15) is 11.2 Å². The first-order valence-corrected chi connectivity index (χ1v) is 18.5. The molecule has 2 heterocycles. The van der Waals surface area contributed by atoms with E-state index < -0.39 is 0 Å². The fourth-order valence-corrected chi connectivity index (χ4v) is 8.17. The summed E-state index contributed by atoms with van der Waals surface area (Å²) in [4.78, 5) is 16.0. The molecule has 9 aromatic carbocycles. The molecule has 4 heteroatoms. The van der Waals surface area contributed by atoms with Gasteiger partial charge in [-0.3, -0.25) is 0 Å². The summed E-state index contributed by atoms with van der Waals surface area (Å²) < 4.78 is 6.63. The highest BCUT2D eigenvalue weighted by molar-refractivity contribution is 6.21. The number of hydrogen-bond donors (Lipinski definition) is 0. The second-order valence-electron chi connectivity index (χ2n) is 13.9. The molecular formula is C51H31N3O. The number of aromatic nitrogens is 3. The Morgan fingerprint density at radius 3 is 1.64 bits per heavy atom. The molecule has 4 nitrogen and oxygen atoms in total. The zero-order valence-corrected chi connectivity index (χ0v) is 29.6. The van der Waals surface area contributed by atoms with Crippen molar-refractivity contribution >= 4 is 54.3 Å². The zero-order chi connectivity index (χ0) is 36.3. The fourth-order valence-electron chi connectivity index (χ4n) is 8.17.